The Kier molecular flexibility index (Phi) is 6.88. The van der Waals surface area contributed by atoms with Crippen molar-refractivity contribution >= 4 is 17.7 Å². The predicted molar refractivity (Wildman–Crippen MR) is 106 cm³/mol. The molecule has 0 heterocycles. The molecule has 1 saturated carbocycles. The number of aromatic carboxylic acids is 1. The van der Waals surface area contributed by atoms with Crippen LogP contribution in [0.2, 0.25) is 0 Å². The summed E-state index contributed by atoms with van der Waals surface area (Å²) in [5.41, 5.74) is 1.41. The number of anilines is 1. The molecule has 0 atom stereocenters. The molecule has 148 valence electrons. The maximum atomic E-state index is 11.9. The minimum Gasteiger partial charge on any atom is -0.478 e. The smallest absolute Gasteiger partial charge is 0.407 e. The molecule has 0 spiro atoms. The van der Waals surface area contributed by atoms with Gasteiger partial charge in [0.25, 0.3) is 0 Å². The number of carbonyl (C=O) groups is 2. The molecule has 6 heteroatoms. The predicted octanol–water partition coefficient (Wildman–Crippen LogP) is 4.36. The van der Waals surface area contributed by atoms with Crippen LogP contribution in [0.15, 0.2) is 30.9 Å². The van der Waals surface area contributed by atoms with Crippen LogP contribution < -0.4 is 10.6 Å². The van der Waals surface area contributed by atoms with Gasteiger partial charge in [0, 0.05) is 17.8 Å². The van der Waals surface area contributed by atoms with Gasteiger partial charge in [-0.2, -0.15) is 0 Å². The molecular formula is C21H30N2O4. The Labute approximate surface area is 161 Å². The lowest BCUT2D eigenvalue weighted by Crippen LogP contribution is -2.42. The largest absolute Gasteiger partial charge is 0.478 e. The summed E-state index contributed by atoms with van der Waals surface area (Å²) in [6.45, 7) is 9.27. The van der Waals surface area contributed by atoms with Crippen LogP contribution in [0.4, 0.5) is 10.5 Å². The molecule has 27 heavy (non-hydrogen) atoms. The lowest BCUT2D eigenvalue weighted by molar-refractivity contribution is 0.0491. The molecule has 1 aromatic rings. The van der Waals surface area contributed by atoms with E-state index in [0.717, 1.165) is 36.9 Å². The second-order valence-electron chi connectivity index (χ2n) is 7.97. The van der Waals surface area contributed by atoms with Crippen molar-refractivity contribution in [2.75, 3.05) is 5.32 Å². The Morgan fingerprint density at radius 3 is 2.41 bits per heavy atom. The first-order chi connectivity index (χ1) is 12.7. The number of benzene rings is 1. The van der Waals surface area contributed by atoms with Gasteiger partial charge in [-0.1, -0.05) is 12.1 Å². The van der Waals surface area contributed by atoms with Crippen molar-refractivity contribution in [3.05, 3.63) is 42.0 Å². The Morgan fingerprint density at radius 1 is 1.22 bits per heavy atom. The maximum absolute atomic E-state index is 11.9. The van der Waals surface area contributed by atoms with Crippen LogP contribution in [0.5, 0.6) is 0 Å². The highest BCUT2D eigenvalue weighted by Crippen LogP contribution is 2.27. The van der Waals surface area contributed by atoms with Gasteiger partial charge in [-0.15, -0.1) is 6.58 Å². The molecule has 0 saturated heterocycles. The number of nitrogens with one attached hydrogen (secondary N) is 2. The van der Waals surface area contributed by atoms with E-state index in [-0.39, 0.29) is 18.2 Å². The first-order valence-electron chi connectivity index (χ1n) is 9.41. The van der Waals surface area contributed by atoms with E-state index in [2.05, 4.69) is 17.2 Å². The number of rotatable bonds is 6. The number of carbonyl (C=O) groups excluding carboxylic acids is 1. The number of carboxylic acid groups (broad SMARTS) is 1. The van der Waals surface area contributed by atoms with Crippen LogP contribution in [-0.4, -0.2) is 34.9 Å². The number of carboxylic acids is 1. The monoisotopic (exact) mass is 374 g/mol. The summed E-state index contributed by atoms with van der Waals surface area (Å²) in [5, 5.41) is 15.8. The molecule has 0 bridgehead atoms. The topological polar surface area (TPSA) is 87.7 Å². The van der Waals surface area contributed by atoms with Gasteiger partial charge < -0.3 is 20.5 Å². The van der Waals surface area contributed by atoms with Crippen molar-refractivity contribution in [3.8, 4) is 0 Å². The van der Waals surface area contributed by atoms with Crippen molar-refractivity contribution in [2.45, 2.75) is 70.6 Å². The third-order valence-corrected chi connectivity index (χ3v) is 4.56. The number of allylic oxidation sites excluding steroid dienone is 1. The fraction of sp³-hybridized carbons (Fsp3) is 0.524. The van der Waals surface area contributed by atoms with Crippen molar-refractivity contribution < 1.29 is 19.4 Å². The van der Waals surface area contributed by atoms with E-state index in [9.17, 15) is 14.7 Å². The summed E-state index contributed by atoms with van der Waals surface area (Å²) >= 11 is 0. The summed E-state index contributed by atoms with van der Waals surface area (Å²) in [6, 6.07) is 5.64. The second kappa shape index (κ2) is 8.93. The number of alkyl carbamates (subject to hydrolysis) is 1. The molecule has 0 aliphatic heterocycles. The number of ether oxygens (including phenoxy) is 1. The minimum atomic E-state index is -0.930. The van der Waals surface area contributed by atoms with Gasteiger partial charge in [-0.05, 0) is 70.6 Å². The maximum Gasteiger partial charge on any atom is 0.407 e. The molecule has 2 rings (SSSR count). The highest BCUT2D eigenvalue weighted by atomic mass is 16.6. The van der Waals surface area contributed by atoms with E-state index < -0.39 is 11.6 Å². The second-order valence-corrected chi connectivity index (χ2v) is 7.97. The van der Waals surface area contributed by atoms with Crippen LogP contribution in [-0.2, 0) is 11.2 Å². The number of hydrogen-bond acceptors (Lipinski definition) is 4. The van der Waals surface area contributed by atoms with Crippen molar-refractivity contribution in [1.82, 2.24) is 5.32 Å². The fourth-order valence-corrected chi connectivity index (χ4v) is 3.36. The first kappa shape index (κ1) is 20.8. The standard InChI is InChI=1S/C21H30N2O4/c1-5-7-16-17(19(24)25)8-6-9-18(16)22-14-10-12-15(13-11-14)23-20(26)27-21(2,3)4/h5-6,8-9,14-15,22H,1,7,10-13H2,2-4H3,(H,23,26)(H,24,25). The Hall–Kier alpha value is -2.50. The van der Waals surface area contributed by atoms with Gasteiger partial charge in [0.2, 0.25) is 0 Å². The highest BCUT2D eigenvalue weighted by Gasteiger charge is 2.25. The molecule has 1 aliphatic rings. The van der Waals surface area contributed by atoms with Gasteiger partial charge in [0.1, 0.15) is 5.60 Å². The first-order valence-corrected chi connectivity index (χ1v) is 9.41. The Bertz CT molecular complexity index is 686. The fourth-order valence-electron chi connectivity index (χ4n) is 3.36. The van der Waals surface area contributed by atoms with Crippen LogP contribution >= 0.6 is 0 Å². The van der Waals surface area contributed by atoms with Crippen LogP contribution in [0.3, 0.4) is 0 Å². The van der Waals surface area contributed by atoms with Crippen molar-refractivity contribution in [2.24, 2.45) is 0 Å². The quantitative estimate of drug-likeness (QED) is 0.644. The zero-order valence-corrected chi connectivity index (χ0v) is 16.4. The van der Waals surface area contributed by atoms with E-state index >= 15 is 0 Å². The Morgan fingerprint density at radius 2 is 1.85 bits per heavy atom. The molecule has 1 fully saturated rings. The van der Waals surface area contributed by atoms with Gasteiger partial charge in [0.05, 0.1) is 5.56 Å². The number of hydrogen-bond donors (Lipinski definition) is 3. The van der Waals surface area contributed by atoms with Gasteiger partial charge in [0.15, 0.2) is 0 Å². The van der Waals surface area contributed by atoms with E-state index in [1.54, 1.807) is 18.2 Å². The lowest BCUT2D eigenvalue weighted by atomic mass is 9.90. The average Bonchev–Trinajstić information content (AvgIpc) is 2.56. The average molecular weight is 374 g/mol. The summed E-state index contributed by atoms with van der Waals surface area (Å²) in [5.74, 6) is -0.930. The van der Waals surface area contributed by atoms with Crippen LogP contribution in [0.1, 0.15) is 62.4 Å². The molecule has 0 aromatic heterocycles. The Balaban J connectivity index is 1.94. The van der Waals surface area contributed by atoms with Crippen LogP contribution in [0, 0.1) is 0 Å². The summed E-state index contributed by atoms with van der Waals surface area (Å²) in [7, 11) is 0. The van der Waals surface area contributed by atoms with Crippen molar-refractivity contribution in [3.63, 3.8) is 0 Å². The van der Waals surface area contributed by atoms with E-state index in [4.69, 9.17) is 4.74 Å². The molecule has 6 nitrogen and oxygen atoms in total. The lowest BCUT2D eigenvalue weighted by Gasteiger charge is -2.31. The normalized spacial score (nSPS) is 19.8. The molecule has 1 amide bonds. The highest BCUT2D eigenvalue weighted by molar-refractivity contribution is 5.91. The number of amides is 1. The van der Waals surface area contributed by atoms with Crippen molar-refractivity contribution in [1.29, 1.82) is 0 Å². The van der Waals surface area contributed by atoms with E-state index in [1.165, 1.54) is 0 Å². The molecule has 1 aliphatic carbocycles. The zero-order valence-electron chi connectivity index (χ0n) is 16.4. The van der Waals surface area contributed by atoms with Gasteiger partial charge in [-0.3, -0.25) is 0 Å². The van der Waals surface area contributed by atoms with E-state index in [0.29, 0.717) is 12.0 Å². The molecule has 0 unspecified atom stereocenters. The summed E-state index contributed by atoms with van der Waals surface area (Å²) in [6.07, 6.45) is 5.34. The van der Waals surface area contributed by atoms with E-state index in [1.807, 2.05) is 26.8 Å². The summed E-state index contributed by atoms with van der Waals surface area (Å²) < 4.78 is 5.31. The SMILES string of the molecule is C=CCc1c(NC2CCC(NC(=O)OC(C)(C)C)CC2)cccc1C(=O)O. The third kappa shape index (κ3) is 6.31. The third-order valence-electron chi connectivity index (χ3n) is 4.56. The van der Waals surface area contributed by atoms with Gasteiger partial charge in [-0.25, -0.2) is 9.59 Å². The molecule has 1 aromatic carbocycles. The van der Waals surface area contributed by atoms with Gasteiger partial charge >= 0.3 is 12.1 Å². The molecular weight excluding hydrogens is 344 g/mol. The minimum absolute atomic E-state index is 0.107. The molecule has 3 N–H and O–H groups in total. The molecule has 0 radical (unpaired) electrons. The summed E-state index contributed by atoms with van der Waals surface area (Å²) in [4.78, 5) is 23.4. The zero-order chi connectivity index (χ0) is 20.0. The van der Waals surface area contributed by atoms with Crippen LogP contribution in [0.25, 0.3) is 0 Å².